The Morgan fingerprint density at radius 3 is 2.43 bits per heavy atom. The van der Waals surface area contributed by atoms with Crippen molar-refractivity contribution >= 4 is 27.3 Å². The molecule has 0 bridgehead atoms. The minimum atomic E-state index is -3.85. The molecule has 0 N–H and O–H groups in total. The molecule has 158 valence electrons. The molecular formula is C22H23NO5S2. The summed E-state index contributed by atoms with van der Waals surface area (Å²) in [5, 5.41) is 1.92. The predicted octanol–water partition coefficient (Wildman–Crippen LogP) is 4.24. The number of hydrogen-bond acceptors (Lipinski definition) is 6. The Balaban J connectivity index is 2.02. The number of nitrogens with zero attached hydrogens (tertiary/aromatic N) is 1. The van der Waals surface area contributed by atoms with Gasteiger partial charge in [-0.1, -0.05) is 24.3 Å². The molecule has 0 atom stereocenters. The van der Waals surface area contributed by atoms with Gasteiger partial charge in [-0.25, -0.2) is 13.2 Å². The van der Waals surface area contributed by atoms with E-state index in [9.17, 15) is 13.2 Å². The van der Waals surface area contributed by atoms with Crippen molar-refractivity contribution in [3.63, 3.8) is 0 Å². The number of methoxy groups -OCH3 is 2. The van der Waals surface area contributed by atoms with Crippen LogP contribution in [0.3, 0.4) is 0 Å². The standard InChI is InChI=1S/C22H23NO5S2/c1-16-13-17(22(24)28-3)10-11-21(16)30(25,26)23(15-19-8-6-12-29-19)14-18-7-4-5-9-20(18)27-2/h4-13H,14-15H2,1-3H3. The van der Waals surface area contributed by atoms with E-state index in [0.29, 0.717) is 16.9 Å². The molecule has 3 aromatic rings. The summed E-state index contributed by atoms with van der Waals surface area (Å²) in [5.74, 6) is 0.119. The smallest absolute Gasteiger partial charge is 0.337 e. The van der Waals surface area contributed by atoms with Crippen molar-refractivity contribution in [2.24, 2.45) is 0 Å². The van der Waals surface area contributed by atoms with Crippen LogP contribution in [-0.4, -0.2) is 32.9 Å². The molecule has 6 nitrogen and oxygen atoms in total. The molecule has 0 aliphatic heterocycles. The van der Waals surface area contributed by atoms with Crippen LogP contribution in [0, 0.1) is 6.92 Å². The quantitative estimate of drug-likeness (QED) is 0.485. The van der Waals surface area contributed by atoms with E-state index in [-0.39, 0.29) is 18.0 Å². The van der Waals surface area contributed by atoms with Gasteiger partial charge in [-0.2, -0.15) is 4.31 Å². The van der Waals surface area contributed by atoms with Gasteiger partial charge in [0, 0.05) is 23.5 Å². The maximum Gasteiger partial charge on any atom is 0.337 e. The number of rotatable bonds is 8. The summed E-state index contributed by atoms with van der Waals surface area (Å²) < 4.78 is 38.8. The highest BCUT2D eigenvalue weighted by Gasteiger charge is 2.28. The van der Waals surface area contributed by atoms with Crippen LogP contribution >= 0.6 is 11.3 Å². The summed E-state index contributed by atoms with van der Waals surface area (Å²) in [7, 11) is -0.996. The van der Waals surface area contributed by atoms with Crippen molar-refractivity contribution in [1.82, 2.24) is 4.31 Å². The largest absolute Gasteiger partial charge is 0.496 e. The first-order valence-electron chi connectivity index (χ1n) is 9.20. The molecule has 8 heteroatoms. The third-order valence-corrected chi connectivity index (χ3v) is 7.48. The molecule has 2 aromatic carbocycles. The molecule has 0 saturated carbocycles. The van der Waals surface area contributed by atoms with Gasteiger partial charge >= 0.3 is 5.97 Å². The number of carbonyl (C=O) groups excluding carboxylic acids is 1. The molecule has 0 spiro atoms. The zero-order valence-electron chi connectivity index (χ0n) is 17.0. The van der Waals surface area contributed by atoms with Gasteiger partial charge in [-0.05, 0) is 48.2 Å². The molecule has 0 aliphatic rings. The van der Waals surface area contributed by atoms with Crippen molar-refractivity contribution in [2.45, 2.75) is 24.9 Å². The molecule has 0 saturated heterocycles. The topological polar surface area (TPSA) is 72.9 Å². The van der Waals surface area contributed by atoms with E-state index >= 15 is 0 Å². The second-order valence-electron chi connectivity index (χ2n) is 6.64. The molecule has 30 heavy (non-hydrogen) atoms. The number of para-hydroxylation sites is 1. The SMILES string of the molecule is COC(=O)c1ccc(S(=O)(=O)N(Cc2cccs2)Cc2ccccc2OC)c(C)c1. The zero-order chi connectivity index (χ0) is 21.7. The monoisotopic (exact) mass is 445 g/mol. The van der Waals surface area contributed by atoms with Gasteiger partial charge < -0.3 is 9.47 Å². The fraction of sp³-hybridized carbons (Fsp3) is 0.227. The Morgan fingerprint density at radius 1 is 1.03 bits per heavy atom. The highest BCUT2D eigenvalue weighted by molar-refractivity contribution is 7.89. The molecule has 0 amide bonds. The van der Waals surface area contributed by atoms with E-state index in [1.807, 2.05) is 41.8 Å². The predicted molar refractivity (Wildman–Crippen MR) is 116 cm³/mol. The highest BCUT2D eigenvalue weighted by atomic mass is 32.2. The van der Waals surface area contributed by atoms with E-state index in [1.165, 1.54) is 41.0 Å². The lowest BCUT2D eigenvalue weighted by Crippen LogP contribution is -2.30. The van der Waals surface area contributed by atoms with Crippen LogP contribution in [0.2, 0.25) is 0 Å². The Kier molecular flexibility index (Phi) is 6.91. The molecule has 1 aromatic heterocycles. The maximum atomic E-state index is 13.6. The van der Waals surface area contributed by atoms with E-state index in [0.717, 1.165) is 10.4 Å². The summed E-state index contributed by atoms with van der Waals surface area (Å²) in [6, 6.07) is 15.6. The van der Waals surface area contributed by atoms with E-state index in [1.54, 1.807) is 14.0 Å². The zero-order valence-corrected chi connectivity index (χ0v) is 18.6. The van der Waals surface area contributed by atoms with Gasteiger partial charge in [-0.15, -0.1) is 11.3 Å². The summed E-state index contributed by atoms with van der Waals surface area (Å²) in [4.78, 5) is 12.9. The number of carbonyl (C=O) groups is 1. The number of ether oxygens (including phenoxy) is 2. The van der Waals surface area contributed by atoms with Crippen molar-refractivity contribution < 1.29 is 22.7 Å². The van der Waals surface area contributed by atoms with Crippen LogP contribution < -0.4 is 4.74 Å². The maximum absolute atomic E-state index is 13.6. The van der Waals surface area contributed by atoms with E-state index in [2.05, 4.69) is 0 Å². The number of aryl methyl sites for hydroxylation is 1. The van der Waals surface area contributed by atoms with E-state index in [4.69, 9.17) is 9.47 Å². The summed E-state index contributed by atoms with van der Waals surface area (Å²) >= 11 is 1.50. The fourth-order valence-corrected chi connectivity index (χ4v) is 5.55. The van der Waals surface area contributed by atoms with Gasteiger partial charge in [0.15, 0.2) is 0 Å². The van der Waals surface area contributed by atoms with Crippen LogP contribution in [0.1, 0.15) is 26.4 Å². The Bertz CT molecular complexity index is 1120. The molecule has 0 aliphatic carbocycles. The first kappa shape index (κ1) is 22.0. The molecule has 0 fully saturated rings. The van der Waals surface area contributed by atoms with Gasteiger partial charge in [-0.3, -0.25) is 0 Å². The van der Waals surface area contributed by atoms with Crippen molar-refractivity contribution in [3.8, 4) is 5.75 Å². The molecule has 0 radical (unpaired) electrons. The Hall–Kier alpha value is -2.68. The van der Waals surface area contributed by atoms with Crippen LogP contribution in [0.4, 0.5) is 0 Å². The molecule has 0 unspecified atom stereocenters. The summed E-state index contributed by atoms with van der Waals surface area (Å²) in [6.07, 6.45) is 0. The molecule has 1 heterocycles. The van der Waals surface area contributed by atoms with E-state index < -0.39 is 16.0 Å². The number of sulfonamides is 1. The lowest BCUT2D eigenvalue weighted by Gasteiger charge is -2.24. The summed E-state index contributed by atoms with van der Waals surface area (Å²) in [6.45, 7) is 2.06. The number of hydrogen-bond donors (Lipinski definition) is 0. The number of thiophene rings is 1. The first-order chi connectivity index (χ1) is 14.4. The van der Waals surface area contributed by atoms with Crippen molar-refractivity contribution in [1.29, 1.82) is 0 Å². The minimum absolute atomic E-state index is 0.154. The van der Waals surface area contributed by atoms with Crippen molar-refractivity contribution in [2.75, 3.05) is 14.2 Å². The second kappa shape index (κ2) is 9.42. The van der Waals surface area contributed by atoms with Crippen LogP contribution in [-0.2, 0) is 27.8 Å². The fourth-order valence-electron chi connectivity index (χ4n) is 3.15. The average Bonchev–Trinajstić information content (AvgIpc) is 3.26. The Morgan fingerprint density at radius 2 is 1.80 bits per heavy atom. The average molecular weight is 446 g/mol. The Labute approximate surface area is 180 Å². The first-order valence-corrected chi connectivity index (χ1v) is 11.5. The van der Waals surface area contributed by atoms with Gasteiger partial charge in [0.1, 0.15) is 5.75 Å². The lowest BCUT2D eigenvalue weighted by molar-refractivity contribution is 0.0600. The van der Waals surface area contributed by atoms with Crippen LogP contribution in [0.25, 0.3) is 0 Å². The number of benzene rings is 2. The van der Waals surface area contributed by atoms with Crippen LogP contribution in [0.5, 0.6) is 5.75 Å². The molecular weight excluding hydrogens is 422 g/mol. The van der Waals surface area contributed by atoms with Gasteiger partial charge in [0.2, 0.25) is 10.0 Å². The lowest BCUT2D eigenvalue weighted by atomic mass is 10.1. The number of esters is 1. The summed E-state index contributed by atoms with van der Waals surface area (Å²) in [5.41, 5.74) is 1.56. The van der Waals surface area contributed by atoms with Crippen LogP contribution in [0.15, 0.2) is 64.9 Å². The minimum Gasteiger partial charge on any atom is -0.496 e. The second-order valence-corrected chi connectivity index (χ2v) is 9.57. The highest BCUT2D eigenvalue weighted by Crippen LogP contribution is 2.28. The van der Waals surface area contributed by atoms with Gasteiger partial charge in [0.05, 0.1) is 24.7 Å². The molecule has 3 rings (SSSR count). The third kappa shape index (κ3) is 4.72. The normalized spacial score (nSPS) is 11.5. The van der Waals surface area contributed by atoms with Crippen molar-refractivity contribution in [3.05, 3.63) is 81.5 Å². The third-order valence-electron chi connectivity index (χ3n) is 4.67. The van der Waals surface area contributed by atoms with Gasteiger partial charge in [0.25, 0.3) is 0 Å².